The number of benzene rings is 2. The molecule has 1 saturated heterocycles. The van der Waals surface area contributed by atoms with Crippen LogP contribution in [0, 0.1) is 5.92 Å². The Labute approximate surface area is 168 Å². The molecule has 0 bridgehead atoms. The Bertz CT molecular complexity index is 816. The lowest BCUT2D eigenvalue weighted by molar-refractivity contribution is -0.166. The maximum Gasteiger partial charge on any atom is 0.413 e. The van der Waals surface area contributed by atoms with E-state index < -0.39 is 36.4 Å². The summed E-state index contributed by atoms with van der Waals surface area (Å²) in [4.78, 5) is 26.2. The van der Waals surface area contributed by atoms with E-state index in [4.69, 9.17) is 15.2 Å². The van der Waals surface area contributed by atoms with Gasteiger partial charge in [-0.3, -0.25) is 4.90 Å². The van der Waals surface area contributed by atoms with Crippen molar-refractivity contribution >= 4 is 12.1 Å². The summed E-state index contributed by atoms with van der Waals surface area (Å²) >= 11 is 0. The Hall–Kier alpha value is -2.94. The summed E-state index contributed by atoms with van der Waals surface area (Å²) in [6.45, 7) is -0.161. The number of carbonyl (C=O) groups is 2. The first-order valence-electron chi connectivity index (χ1n) is 9.28. The van der Waals surface area contributed by atoms with Crippen LogP contribution in [-0.4, -0.2) is 52.6 Å². The molecule has 1 fully saturated rings. The van der Waals surface area contributed by atoms with Crippen LogP contribution >= 0.6 is 0 Å². The van der Waals surface area contributed by atoms with Gasteiger partial charge in [-0.2, -0.15) is 0 Å². The molecule has 2 aromatic carbocycles. The molecule has 8 nitrogen and oxygen atoms in total. The number of carbonyl (C=O) groups excluding carboxylic acids is 2. The lowest BCUT2D eigenvalue weighted by Crippen LogP contribution is -2.47. The molecule has 1 amide bonds. The molecule has 0 saturated carbocycles. The molecular formula is C21H24N2O6. The number of nitrogens with two attached hydrogens (primary N) is 1. The second-order valence-electron chi connectivity index (χ2n) is 6.85. The minimum atomic E-state index is -1.52. The van der Waals surface area contributed by atoms with E-state index in [1.165, 1.54) is 4.90 Å². The van der Waals surface area contributed by atoms with Gasteiger partial charge in [0, 0.05) is 19.1 Å². The van der Waals surface area contributed by atoms with Crippen LogP contribution in [0.25, 0.3) is 0 Å². The average molecular weight is 400 g/mol. The van der Waals surface area contributed by atoms with Crippen LogP contribution in [0.3, 0.4) is 0 Å². The van der Waals surface area contributed by atoms with Crippen LogP contribution in [-0.2, 0) is 20.9 Å². The number of ether oxygens (including phenoxy) is 2. The lowest BCUT2D eigenvalue weighted by atomic mass is 10.1. The van der Waals surface area contributed by atoms with Gasteiger partial charge in [-0.05, 0) is 11.1 Å². The molecule has 2 aromatic rings. The van der Waals surface area contributed by atoms with Crippen LogP contribution in [0.2, 0.25) is 0 Å². The third-order valence-corrected chi connectivity index (χ3v) is 4.86. The average Bonchev–Trinajstić information content (AvgIpc) is 3.08. The highest BCUT2D eigenvalue weighted by molar-refractivity contribution is 5.77. The van der Waals surface area contributed by atoms with Gasteiger partial charge in [-0.25, -0.2) is 9.59 Å². The minimum absolute atomic E-state index is 0.0442. The topological polar surface area (TPSA) is 122 Å². The van der Waals surface area contributed by atoms with Crippen molar-refractivity contribution in [2.24, 2.45) is 11.7 Å². The number of hydrogen-bond acceptors (Lipinski definition) is 7. The lowest BCUT2D eigenvalue weighted by Gasteiger charge is -2.26. The maximum absolute atomic E-state index is 12.6. The van der Waals surface area contributed by atoms with Crippen LogP contribution in [0.4, 0.5) is 4.79 Å². The van der Waals surface area contributed by atoms with E-state index >= 15 is 0 Å². The first kappa shape index (κ1) is 20.8. The zero-order valence-corrected chi connectivity index (χ0v) is 15.8. The number of likely N-dealkylation sites (tertiary alicyclic amines) is 1. The normalized spacial score (nSPS) is 22.2. The van der Waals surface area contributed by atoms with E-state index in [1.807, 2.05) is 30.3 Å². The molecule has 0 radical (unpaired) electrons. The van der Waals surface area contributed by atoms with Crippen LogP contribution < -0.4 is 5.73 Å². The number of aliphatic hydroxyl groups is 2. The van der Waals surface area contributed by atoms with Crippen molar-refractivity contribution in [1.29, 1.82) is 0 Å². The first-order valence-corrected chi connectivity index (χ1v) is 9.28. The van der Waals surface area contributed by atoms with Crippen LogP contribution in [0.15, 0.2) is 60.7 Å². The van der Waals surface area contributed by atoms with E-state index in [0.717, 1.165) is 5.56 Å². The van der Waals surface area contributed by atoms with E-state index in [9.17, 15) is 19.8 Å². The molecule has 29 heavy (non-hydrogen) atoms. The summed E-state index contributed by atoms with van der Waals surface area (Å²) in [6.07, 6.45) is -3.38. The van der Waals surface area contributed by atoms with Gasteiger partial charge < -0.3 is 25.4 Å². The molecule has 1 unspecified atom stereocenters. The smallest absolute Gasteiger partial charge is 0.413 e. The Balaban J connectivity index is 1.68. The molecule has 0 aliphatic carbocycles. The predicted molar refractivity (Wildman–Crippen MR) is 103 cm³/mol. The minimum Gasteiger partial charge on any atom is -0.444 e. The summed E-state index contributed by atoms with van der Waals surface area (Å²) in [7, 11) is 0. The summed E-state index contributed by atoms with van der Waals surface area (Å²) in [6, 6.07) is 16.6. The molecule has 1 heterocycles. The largest absolute Gasteiger partial charge is 0.444 e. The van der Waals surface area contributed by atoms with Crippen molar-refractivity contribution in [3.05, 3.63) is 71.8 Å². The van der Waals surface area contributed by atoms with E-state index in [0.29, 0.717) is 5.56 Å². The van der Waals surface area contributed by atoms with E-state index in [-0.39, 0.29) is 19.8 Å². The Morgan fingerprint density at radius 2 is 1.72 bits per heavy atom. The highest BCUT2D eigenvalue weighted by Crippen LogP contribution is 2.26. The molecule has 1 aliphatic rings. The second kappa shape index (κ2) is 9.51. The summed E-state index contributed by atoms with van der Waals surface area (Å²) in [5.74, 6) is -1.41. The van der Waals surface area contributed by atoms with Crippen LogP contribution in [0.1, 0.15) is 17.2 Å². The monoisotopic (exact) mass is 400 g/mol. The molecule has 4 atom stereocenters. The molecule has 8 heteroatoms. The number of esters is 1. The van der Waals surface area contributed by atoms with Crippen molar-refractivity contribution in [1.82, 2.24) is 4.90 Å². The van der Waals surface area contributed by atoms with Gasteiger partial charge in [0.1, 0.15) is 6.61 Å². The highest BCUT2D eigenvalue weighted by atomic mass is 16.6. The Morgan fingerprint density at radius 1 is 1.10 bits per heavy atom. The van der Waals surface area contributed by atoms with Crippen molar-refractivity contribution < 1.29 is 29.3 Å². The second-order valence-corrected chi connectivity index (χ2v) is 6.85. The first-order chi connectivity index (χ1) is 14.0. The van der Waals surface area contributed by atoms with Gasteiger partial charge >= 0.3 is 12.1 Å². The molecule has 4 N–H and O–H groups in total. The van der Waals surface area contributed by atoms with Gasteiger partial charge in [0.15, 0.2) is 12.3 Å². The fourth-order valence-corrected chi connectivity index (χ4v) is 3.18. The van der Waals surface area contributed by atoms with Crippen molar-refractivity contribution in [2.45, 2.75) is 25.0 Å². The SMILES string of the molecule is N[C@H]1C(OC(=O)[C@@H](O)c2ccccc2)N(C(=O)OCc2ccccc2)C[C@H]1CO. The van der Waals surface area contributed by atoms with Crippen molar-refractivity contribution in [3.63, 3.8) is 0 Å². The van der Waals surface area contributed by atoms with Gasteiger partial charge in [-0.15, -0.1) is 0 Å². The highest BCUT2D eigenvalue weighted by Gasteiger charge is 2.45. The van der Waals surface area contributed by atoms with Gasteiger partial charge in [-0.1, -0.05) is 60.7 Å². The number of aliphatic hydroxyl groups excluding tert-OH is 2. The fourth-order valence-electron chi connectivity index (χ4n) is 3.18. The fraction of sp³-hybridized carbons (Fsp3) is 0.333. The van der Waals surface area contributed by atoms with Crippen molar-refractivity contribution in [3.8, 4) is 0 Å². The van der Waals surface area contributed by atoms with Gasteiger partial charge in [0.25, 0.3) is 0 Å². The number of rotatable bonds is 6. The summed E-state index contributed by atoms with van der Waals surface area (Å²) < 4.78 is 10.7. The Morgan fingerprint density at radius 3 is 2.34 bits per heavy atom. The predicted octanol–water partition coefficient (Wildman–Crippen LogP) is 1.18. The summed E-state index contributed by atoms with van der Waals surface area (Å²) in [5.41, 5.74) is 7.25. The number of hydrogen-bond donors (Lipinski definition) is 3. The van der Waals surface area contributed by atoms with Gasteiger partial charge in [0.05, 0.1) is 6.04 Å². The summed E-state index contributed by atoms with van der Waals surface area (Å²) in [5, 5.41) is 19.8. The molecule has 0 spiro atoms. The zero-order valence-electron chi connectivity index (χ0n) is 15.8. The quantitative estimate of drug-likeness (QED) is 0.622. The third-order valence-electron chi connectivity index (χ3n) is 4.86. The maximum atomic E-state index is 12.6. The standard InChI is InChI=1S/C21H24N2O6/c22-17-16(12-24)11-23(21(27)28-13-14-7-3-1-4-8-14)19(17)29-20(26)18(25)15-9-5-2-6-10-15/h1-10,16-19,24-25H,11-13,22H2/t16-,17+,18-,19?/m0/s1. The van der Waals surface area contributed by atoms with Crippen LogP contribution in [0.5, 0.6) is 0 Å². The number of nitrogens with zero attached hydrogens (tertiary/aromatic N) is 1. The molecule has 1 aliphatic heterocycles. The Kier molecular flexibility index (Phi) is 6.82. The zero-order chi connectivity index (χ0) is 20.8. The van der Waals surface area contributed by atoms with E-state index in [1.54, 1.807) is 30.3 Å². The molecular weight excluding hydrogens is 376 g/mol. The van der Waals surface area contributed by atoms with Crippen molar-refractivity contribution in [2.75, 3.05) is 13.2 Å². The molecule has 0 aromatic heterocycles. The third kappa shape index (κ3) is 4.92. The molecule has 154 valence electrons. The number of amides is 1. The van der Waals surface area contributed by atoms with E-state index in [2.05, 4.69) is 0 Å². The molecule has 3 rings (SSSR count). The van der Waals surface area contributed by atoms with Gasteiger partial charge in [0.2, 0.25) is 0 Å².